The highest BCUT2D eigenvalue weighted by Gasteiger charge is 2.18. The number of hydrogen-bond acceptors (Lipinski definition) is 7. The maximum absolute atomic E-state index is 7.79. The summed E-state index contributed by atoms with van der Waals surface area (Å²) in [5.41, 5.74) is 8.51. The zero-order chi connectivity index (χ0) is 29.0. The second kappa shape index (κ2) is 15.4. The van der Waals surface area contributed by atoms with Gasteiger partial charge in [-0.25, -0.2) is 14.7 Å². The number of aryl methyl sites for hydroxylation is 1. The van der Waals surface area contributed by atoms with Crippen LogP contribution in [0.5, 0.6) is 5.75 Å². The number of rotatable bonds is 12. The molecule has 1 unspecified atom stereocenters. The van der Waals surface area contributed by atoms with Gasteiger partial charge in [0.2, 0.25) is 0 Å². The number of aromatic nitrogens is 3. The third-order valence-electron chi connectivity index (χ3n) is 5.80. The summed E-state index contributed by atoms with van der Waals surface area (Å²) >= 11 is 3.27. The van der Waals surface area contributed by atoms with Crippen molar-refractivity contribution in [1.29, 1.82) is 5.41 Å². The van der Waals surface area contributed by atoms with Crippen molar-refractivity contribution in [2.45, 2.75) is 51.0 Å². The molecule has 0 aliphatic heterocycles. The molecule has 0 amide bonds. The Kier molecular flexibility index (Phi) is 11.4. The van der Waals surface area contributed by atoms with Crippen molar-refractivity contribution in [3.05, 3.63) is 107 Å². The topological polar surface area (TPSA) is 113 Å². The zero-order valence-electron chi connectivity index (χ0n) is 23.8. The quantitative estimate of drug-likeness (QED) is 0.0519. The number of nitrogens with two attached hydrogens (primary N) is 1. The standard InChI is InChI=1S/C28H28N6OS2.C4H10/c29-27(30)20-7-4-6-19(16-20)17-24(34-37-22-8-2-1-3-9-22)28-33-23-12-11-21(18-25(23)36-28)35-15-5-10-26-31-13-14-32-26;1-4(2)3/h1-4,6-9,11-14,16,18,24,34H,5,10,15,17H2,(H3,29,30)(H,31,32);4H,1-3H3. The lowest BCUT2D eigenvalue weighted by atomic mass is 10.0. The highest BCUT2D eigenvalue weighted by atomic mass is 32.2. The normalized spacial score (nSPS) is 11.7. The van der Waals surface area contributed by atoms with Gasteiger partial charge in [-0.15, -0.1) is 11.3 Å². The molecule has 5 aromatic rings. The minimum Gasteiger partial charge on any atom is -0.494 e. The molecule has 0 radical (unpaired) electrons. The predicted molar refractivity (Wildman–Crippen MR) is 172 cm³/mol. The highest BCUT2D eigenvalue weighted by Crippen LogP contribution is 2.33. The lowest BCUT2D eigenvalue weighted by Crippen LogP contribution is -2.17. The van der Waals surface area contributed by atoms with Crippen molar-refractivity contribution in [3.8, 4) is 5.75 Å². The van der Waals surface area contributed by atoms with E-state index < -0.39 is 0 Å². The number of imidazole rings is 1. The number of hydrogen-bond donors (Lipinski definition) is 4. The van der Waals surface area contributed by atoms with Gasteiger partial charge in [0.05, 0.1) is 22.9 Å². The molecule has 1 atom stereocenters. The smallest absolute Gasteiger partial charge is 0.122 e. The van der Waals surface area contributed by atoms with Crippen LogP contribution in [0.4, 0.5) is 0 Å². The summed E-state index contributed by atoms with van der Waals surface area (Å²) in [5.74, 6) is 2.73. The van der Waals surface area contributed by atoms with Crippen molar-refractivity contribution in [3.63, 3.8) is 0 Å². The molecule has 214 valence electrons. The molecule has 0 spiro atoms. The maximum Gasteiger partial charge on any atom is 0.122 e. The Labute approximate surface area is 250 Å². The van der Waals surface area contributed by atoms with E-state index in [4.69, 9.17) is 20.9 Å². The van der Waals surface area contributed by atoms with E-state index in [1.165, 1.54) is 0 Å². The molecule has 0 bridgehead atoms. The van der Waals surface area contributed by atoms with Crippen LogP contribution in [0.25, 0.3) is 10.2 Å². The molecular formula is C32H38N6OS2. The van der Waals surface area contributed by atoms with Gasteiger partial charge in [0.25, 0.3) is 0 Å². The van der Waals surface area contributed by atoms with Crippen molar-refractivity contribution in [1.82, 2.24) is 19.7 Å². The Hall–Kier alpha value is -3.66. The van der Waals surface area contributed by atoms with Crippen LogP contribution in [-0.4, -0.2) is 27.4 Å². The van der Waals surface area contributed by atoms with Gasteiger partial charge in [0.15, 0.2) is 0 Å². The van der Waals surface area contributed by atoms with Crippen molar-refractivity contribution < 1.29 is 4.74 Å². The lowest BCUT2D eigenvalue weighted by Gasteiger charge is -2.16. The molecule has 2 heterocycles. The Balaban J connectivity index is 0.000000909. The number of amidine groups is 1. The van der Waals surface area contributed by atoms with Gasteiger partial charge in [-0.05, 0) is 72.7 Å². The summed E-state index contributed by atoms with van der Waals surface area (Å²) in [4.78, 5) is 13.5. The van der Waals surface area contributed by atoms with Gasteiger partial charge in [-0.1, -0.05) is 57.2 Å². The molecule has 2 aromatic heterocycles. The SMILES string of the molecule is CC(C)C.N=C(N)c1cccc(CC(NSc2ccccc2)c2nc3ccc(OCCCc4ncc[nH]4)cc3s2)c1. The van der Waals surface area contributed by atoms with E-state index in [-0.39, 0.29) is 11.9 Å². The van der Waals surface area contributed by atoms with E-state index in [0.717, 1.165) is 68.0 Å². The molecule has 0 fully saturated rings. The van der Waals surface area contributed by atoms with Gasteiger partial charge >= 0.3 is 0 Å². The molecule has 0 aliphatic rings. The molecule has 0 aliphatic carbocycles. The number of nitrogens with one attached hydrogen (secondary N) is 3. The second-order valence-corrected chi connectivity index (χ2v) is 12.3. The maximum atomic E-state index is 7.79. The Morgan fingerprint density at radius 1 is 1.07 bits per heavy atom. The van der Waals surface area contributed by atoms with Crippen LogP contribution >= 0.6 is 23.3 Å². The lowest BCUT2D eigenvalue weighted by molar-refractivity contribution is 0.310. The monoisotopic (exact) mass is 586 g/mol. The molecule has 9 heteroatoms. The fourth-order valence-corrected chi connectivity index (χ4v) is 5.82. The van der Waals surface area contributed by atoms with E-state index in [0.29, 0.717) is 6.61 Å². The van der Waals surface area contributed by atoms with Gasteiger partial charge in [0.1, 0.15) is 22.4 Å². The Morgan fingerprint density at radius 2 is 1.88 bits per heavy atom. The van der Waals surface area contributed by atoms with Crippen LogP contribution in [-0.2, 0) is 12.8 Å². The minimum atomic E-state index is -0.0255. The summed E-state index contributed by atoms with van der Waals surface area (Å²) in [6, 6.07) is 24.1. The average molecular weight is 587 g/mol. The molecule has 7 nitrogen and oxygen atoms in total. The van der Waals surface area contributed by atoms with E-state index >= 15 is 0 Å². The molecule has 0 saturated carbocycles. The number of ether oxygens (including phenoxy) is 1. The van der Waals surface area contributed by atoms with Gasteiger partial charge in [-0.3, -0.25) is 5.41 Å². The molecule has 0 saturated heterocycles. The fourth-order valence-electron chi connectivity index (χ4n) is 3.93. The number of thiazole rings is 1. The zero-order valence-corrected chi connectivity index (χ0v) is 25.4. The highest BCUT2D eigenvalue weighted by molar-refractivity contribution is 7.97. The first-order chi connectivity index (χ1) is 19.9. The van der Waals surface area contributed by atoms with E-state index in [1.54, 1.807) is 29.5 Å². The van der Waals surface area contributed by atoms with Crippen LogP contribution < -0.4 is 15.2 Å². The summed E-state index contributed by atoms with van der Waals surface area (Å²) in [6.07, 6.45) is 6.08. The van der Waals surface area contributed by atoms with E-state index in [9.17, 15) is 0 Å². The fraction of sp³-hybridized carbons (Fsp3) is 0.281. The number of benzene rings is 3. The number of nitrogens with zero attached hydrogens (tertiary/aromatic N) is 2. The van der Waals surface area contributed by atoms with E-state index in [2.05, 4.69) is 59.7 Å². The van der Waals surface area contributed by atoms with Crippen LogP contribution in [0, 0.1) is 11.3 Å². The first-order valence-electron chi connectivity index (χ1n) is 13.8. The number of fused-ring (bicyclic) bond motifs is 1. The van der Waals surface area contributed by atoms with Crippen LogP contribution in [0.15, 0.2) is 90.1 Å². The molecule has 5 rings (SSSR count). The summed E-state index contributed by atoms with van der Waals surface area (Å²) in [5, 5.41) is 8.79. The molecule has 5 N–H and O–H groups in total. The van der Waals surface area contributed by atoms with Gasteiger partial charge < -0.3 is 15.5 Å². The van der Waals surface area contributed by atoms with Gasteiger partial charge in [0, 0.05) is 29.3 Å². The molecular weight excluding hydrogens is 549 g/mol. The minimum absolute atomic E-state index is 0.0255. The average Bonchev–Trinajstić information content (AvgIpc) is 3.64. The van der Waals surface area contributed by atoms with Crippen LogP contribution in [0.2, 0.25) is 0 Å². The van der Waals surface area contributed by atoms with Crippen LogP contribution in [0.3, 0.4) is 0 Å². The van der Waals surface area contributed by atoms with Crippen LogP contribution in [0.1, 0.15) is 55.2 Å². The van der Waals surface area contributed by atoms with Crippen molar-refractivity contribution in [2.75, 3.05) is 6.61 Å². The van der Waals surface area contributed by atoms with Crippen molar-refractivity contribution in [2.24, 2.45) is 11.7 Å². The summed E-state index contributed by atoms with van der Waals surface area (Å²) in [7, 11) is 0. The summed E-state index contributed by atoms with van der Waals surface area (Å²) in [6.45, 7) is 7.13. The molecule has 3 aromatic carbocycles. The van der Waals surface area contributed by atoms with Crippen molar-refractivity contribution >= 4 is 39.3 Å². The molecule has 41 heavy (non-hydrogen) atoms. The third-order valence-corrected chi connectivity index (χ3v) is 7.84. The summed E-state index contributed by atoms with van der Waals surface area (Å²) < 4.78 is 10.7. The third kappa shape index (κ3) is 9.74. The number of aromatic amines is 1. The Morgan fingerprint density at radius 3 is 2.61 bits per heavy atom. The first-order valence-corrected chi connectivity index (χ1v) is 15.4. The van der Waals surface area contributed by atoms with Gasteiger partial charge in [-0.2, -0.15) is 0 Å². The first kappa shape index (κ1) is 30.3. The number of nitrogen functional groups attached to an aromatic ring is 1. The predicted octanol–water partition coefficient (Wildman–Crippen LogP) is 7.56. The number of H-pyrrole nitrogens is 1. The largest absolute Gasteiger partial charge is 0.494 e. The van der Waals surface area contributed by atoms with E-state index in [1.807, 2.05) is 54.7 Å². The second-order valence-electron chi connectivity index (χ2n) is 10.3. The Bertz CT molecular complexity index is 1500.